The van der Waals surface area contributed by atoms with E-state index in [2.05, 4.69) is 0 Å². The van der Waals surface area contributed by atoms with Gasteiger partial charge in [0.15, 0.2) is 0 Å². The SMILES string of the molecule is COCCN(CC(F)F)C(=O)C1CCC(C(=O)O)CC1. The zero-order valence-corrected chi connectivity index (χ0v) is 11.6. The second-order valence-corrected chi connectivity index (χ2v) is 5.05. The molecule has 0 radical (unpaired) electrons. The van der Waals surface area contributed by atoms with Crippen molar-refractivity contribution >= 4 is 11.9 Å². The number of methoxy groups -OCH3 is 1. The highest BCUT2D eigenvalue weighted by molar-refractivity contribution is 5.79. The first-order valence-electron chi connectivity index (χ1n) is 6.74. The van der Waals surface area contributed by atoms with Gasteiger partial charge in [-0.2, -0.15) is 0 Å². The van der Waals surface area contributed by atoms with E-state index in [9.17, 15) is 18.4 Å². The Morgan fingerprint density at radius 3 is 2.25 bits per heavy atom. The molecule has 0 spiro atoms. The van der Waals surface area contributed by atoms with E-state index in [4.69, 9.17) is 9.84 Å². The highest BCUT2D eigenvalue weighted by Crippen LogP contribution is 2.30. The molecule has 1 aliphatic carbocycles. The third-order valence-electron chi connectivity index (χ3n) is 3.66. The summed E-state index contributed by atoms with van der Waals surface area (Å²) < 4.78 is 29.8. The van der Waals surface area contributed by atoms with Crippen LogP contribution in [0.3, 0.4) is 0 Å². The number of rotatable bonds is 7. The predicted octanol–water partition coefficient (Wildman–Crippen LogP) is 1.62. The number of carboxylic acids is 1. The van der Waals surface area contributed by atoms with Crippen molar-refractivity contribution in [1.82, 2.24) is 4.90 Å². The van der Waals surface area contributed by atoms with Gasteiger partial charge in [-0.15, -0.1) is 0 Å². The van der Waals surface area contributed by atoms with Crippen molar-refractivity contribution < 1.29 is 28.2 Å². The highest BCUT2D eigenvalue weighted by Gasteiger charge is 2.32. The number of nitrogens with zero attached hydrogens (tertiary/aromatic N) is 1. The second-order valence-electron chi connectivity index (χ2n) is 5.05. The number of aliphatic carboxylic acids is 1. The Bertz CT molecular complexity index is 330. The van der Waals surface area contributed by atoms with Crippen molar-refractivity contribution in [3.05, 3.63) is 0 Å². The average molecular weight is 293 g/mol. The maximum absolute atomic E-state index is 12.5. The van der Waals surface area contributed by atoms with Gasteiger partial charge in [-0.05, 0) is 25.7 Å². The summed E-state index contributed by atoms with van der Waals surface area (Å²) in [6.45, 7) is -0.248. The maximum Gasteiger partial charge on any atom is 0.306 e. The fourth-order valence-electron chi connectivity index (χ4n) is 2.51. The summed E-state index contributed by atoms with van der Waals surface area (Å²) in [4.78, 5) is 24.2. The normalized spacial score (nSPS) is 22.8. The van der Waals surface area contributed by atoms with Gasteiger partial charge in [-0.25, -0.2) is 8.78 Å². The van der Waals surface area contributed by atoms with Crippen LogP contribution in [-0.4, -0.2) is 55.1 Å². The summed E-state index contributed by atoms with van der Waals surface area (Å²) in [7, 11) is 1.45. The molecule has 1 rings (SSSR count). The summed E-state index contributed by atoms with van der Waals surface area (Å²) in [6.07, 6.45) is -0.826. The molecule has 1 saturated carbocycles. The van der Waals surface area contributed by atoms with E-state index in [1.165, 1.54) is 7.11 Å². The lowest BCUT2D eigenvalue weighted by Crippen LogP contribution is -2.42. The first kappa shape index (κ1) is 16.8. The number of ether oxygens (including phenoxy) is 1. The van der Waals surface area contributed by atoms with E-state index in [0.29, 0.717) is 25.7 Å². The molecule has 20 heavy (non-hydrogen) atoms. The fourth-order valence-corrected chi connectivity index (χ4v) is 2.51. The maximum atomic E-state index is 12.5. The quantitative estimate of drug-likeness (QED) is 0.774. The van der Waals surface area contributed by atoms with E-state index in [1.807, 2.05) is 0 Å². The Hall–Kier alpha value is -1.24. The minimum absolute atomic E-state index is 0.137. The van der Waals surface area contributed by atoms with Gasteiger partial charge in [-0.3, -0.25) is 9.59 Å². The zero-order valence-electron chi connectivity index (χ0n) is 11.6. The minimum Gasteiger partial charge on any atom is -0.481 e. The molecule has 0 saturated heterocycles. The molecule has 0 aromatic carbocycles. The molecule has 0 aliphatic heterocycles. The van der Waals surface area contributed by atoms with E-state index >= 15 is 0 Å². The third-order valence-corrected chi connectivity index (χ3v) is 3.66. The van der Waals surface area contributed by atoms with E-state index in [-0.39, 0.29) is 25.0 Å². The Kier molecular flexibility index (Phi) is 6.84. The molecule has 0 unspecified atom stereocenters. The van der Waals surface area contributed by atoms with Gasteiger partial charge < -0.3 is 14.7 Å². The predicted molar refractivity (Wildman–Crippen MR) is 67.5 cm³/mol. The number of halogens is 2. The fraction of sp³-hybridized carbons (Fsp3) is 0.846. The van der Waals surface area contributed by atoms with Crippen LogP contribution in [0, 0.1) is 11.8 Å². The van der Waals surface area contributed by atoms with Crippen LogP contribution in [0.1, 0.15) is 25.7 Å². The molecular formula is C13H21F2NO4. The summed E-state index contributed by atoms with van der Waals surface area (Å²) in [6, 6.07) is 0. The molecule has 0 bridgehead atoms. The van der Waals surface area contributed by atoms with Gasteiger partial charge in [0.25, 0.3) is 6.43 Å². The molecule has 1 N–H and O–H groups in total. The number of carbonyl (C=O) groups excluding carboxylic acids is 1. The van der Waals surface area contributed by atoms with Gasteiger partial charge in [0.2, 0.25) is 5.91 Å². The first-order chi connectivity index (χ1) is 9.45. The molecule has 0 heterocycles. The average Bonchev–Trinajstić information content (AvgIpc) is 2.42. The van der Waals surface area contributed by atoms with Crippen molar-refractivity contribution in [3.8, 4) is 0 Å². The Morgan fingerprint density at radius 2 is 1.80 bits per heavy atom. The van der Waals surface area contributed by atoms with Gasteiger partial charge in [0.1, 0.15) is 0 Å². The summed E-state index contributed by atoms with van der Waals surface area (Å²) in [5.41, 5.74) is 0. The van der Waals surface area contributed by atoms with E-state index in [0.717, 1.165) is 4.90 Å². The number of amides is 1. The van der Waals surface area contributed by atoms with Gasteiger partial charge in [0, 0.05) is 19.6 Å². The van der Waals surface area contributed by atoms with Crippen molar-refractivity contribution in [3.63, 3.8) is 0 Å². The molecule has 5 nitrogen and oxygen atoms in total. The third kappa shape index (κ3) is 5.03. The van der Waals surface area contributed by atoms with Crippen LogP contribution in [0.25, 0.3) is 0 Å². The number of hydrogen-bond donors (Lipinski definition) is 1. The van der Waals surface area contributed by atoms with Crippen molar-refractivity contribution in [2.24, 2.45) is 11.8 Å². The topological polar surface area (TPSA) is 66.8 Å². The Balaban J connectivity index is 2.54. The molecule has 1 fully saturated rings. The number of carboxylic acid groups (broad SMARTS) is 1. The van der Waals surface area contributed by atoms with Crippen molar-refractivity contribution in [2.45, 2.75) is 32.1 Å². The lowest BCUT2D eigenvalue weighted by molar-refractivity contribution is -0.146. The molecule has 1 amide bonds. The lowest BCUT2D eigenvalue weighted by Gasteiger charge is -2.30. The van der Waals surface area contributed by atoms with Gasteiger partial charge in [-0.1, -0.05) is 0 Å². The molecule has 0 aromatic heterocycles. The Labute approximate surface area is 116 Å². The molecule has 0 aromatic rings. The minimum atomic E-state index is -2.58. The zero-order chi connectivity index (χ0) is 15.1. The number of carbonyl (C=O) groups is 2. The summed E-state index contributed by atoms with van der Waals surface area (Å²) in [5.74, 6) is -1.92. The molecular weight excluding hydrogens is 272 g/mol. The van der Waals surface area contributed by atoms with Crippen LogP contribution in [0.5, 0.6) is 0 Å². The van der Waals surface area contributed by atoms with Crippen LogP contribution in [0.4, 0.5) is 8.78 Å². The van der Waals surface area contributed by atoms with E-state index in [1.54, 1.807) is 0 Å². The van der Waals surface area contributed by atoms with Crippen LogP contribution in [0.2, 0.25) is 0 Å². The smallest absolute Gasteiger partial charge is 0.306 e. The monoisotopic (exact) mass is 293 g/mol. The van der Waals surface area contributed by atoms with E-state index < -0.39 is 24.9 Å². The molecule has 116 valence electrons. The van der Waals surface area contributed by atoms with Gasteiger partial charge in [0.05, 0.1) is 19.1 Å². The van der Waals surface area contributed by atoms with Crippen LogP contribution in [0.15, 0.2) is 0 Å². The van der Waals surface area contributed by atoms with Crippen LogP contribution < -0.4 is 0 Å². The van der Waals surface area contributed by atoms with Gasteiger partial charge >= 0.3 is 5.97 Å². The highest BCUT2D eigenvalue weighted by atomic mass is 19.3. The van der Waals surface area contributed by atoms with Crippen molar-refractivity contribution in [1.29, 1.82) is 0 Å². The Morgan fingerprint density at radius 1 is 1.25 bits per heavy atom. The van der Waals surface area contributed by atoms with Crippen LogP contribution >= 0.6 is 0 Å². The lowest BCUT2D eigenvalue weighted by atomic mass is 9.81. The second kappa shape index (κ2) is 8.14. The standard InChI is InChI=1S/C13H21F2NO4/c1-20-7-6-16(8-11(14)15)12(17)9-2-4-10(5-3-9)13(18)19/h9-11H,2-8H2,1H3,(H,18,19). The largest absolute Gasteiger partial charge is 0.481 e. The number of alkyl halides is 2. The summed E-state index contributed by atoms with van der Waals surface area (Å²) >= 11 is 0. The summed E-state index contributed by atoms with van der Waals surface area (Å²) in [5, 5.41) is 8.90. The first-order valence-corrected chi connectivity index (χ1v) is 6.74. The van der Waals surface area contributed by atoms with Crippen molar-refractivity contribution in [2.75, 3.05) is 26.8 Å². The molecule has 0 atom stereocenters. The number of hydrogen-bond acceptors (Lipinski definition) is 3. The van der Waals surface area contributed by atoms with Crippen LogP contribution in [-0.2, 0) is 14.3 Å². The molecule has 1 aliphatic rings. The molecule has 7 heteroatoms.